The number of nitrogen functional groups attached to an aromatic ring is 1. The van der Waals surface area contributed by atoms with Crippen molar-refractivity contribution in [2.75, 3.05) is 0 Å². The van der Waals surface area contributed by atoms with Crippen LogP contribution < -0.4 is 10.5 Å². The third kappa shape index (κ3) is 3.28. The number of aryl methyl sites for hydroxylation is 1. The van der Waals surface area contributed by atoms with Gasteiger partial charge in [0.25, 0.3) is 0 Å². The number of halogens is 1. The Hall–Kier alpha value is -2.43. The van der Waals surface area contributed by atoms with Gasteiger partial charge in [-0.15, -0.1) is 0 Å². The third-order valence-corrected chi connectivity index (χ3v) is 2.65. The molecule has 2 rings (SSSR count). The monoisotopic (exact) mass is 259 g/mol. The summed E-state index contributed by atoms with van der Waals surface area (Å²) in [7, 11) is 0. The molecule has 0 atom stereocenters. The molecule has 1 aromatic heterocycles. The van der Waals surface area contributed by atoms with E-state index in [1.54, 1.807) is 37.4 Å². The lowest BCUT2D eigenvalue weighted by Gasteiger charge is -2.08. The summed E-state index contributed by atoms with van der Waals surface area (Å²) in [6.45, 7) is 1.96. The topological polar surface area (TPSA) is 72.0 Å². The zero-order valence-electron chi connectivity index (χ0n) is 10.5. The number of nitrogens with two attached hydrogens (primary N) is 1. The van der Waals surface area contributed by atoms with Gasteiger partial charge in [-0.2, -0.15) is 0 Å². The van der Waals surface area contributed by atoms with Gasteiger partial charge in [0, 0.05) is 12.3 Å². The molecule has 19 heavy (non-hydrogen) atoms. The van der Waals surface area contributed by atoms with Crippen molar-refractivity contribution in [1.29, 1.82) is 5.41 Å². The minimum absolute atomic E-state index is 0.0942. The maximum Gasteiger partial charge on any atom is 0.141 e. The highest BCUT2D eigenvalue weighted by molar-refractivity contribution is 5.93. The number of ether oxygens (including phenoxy) is 1. The van der Waals surface area contributed by atoms with E-state index < -0.39 is 0 Å². The van der Waals surface area contributed by atoms with Crippen molar-refractivity contribution in [2.24, 2.45) is 5.73 Å². The molecule has 1 heterocycles. The molecule has 0 spiro atoms. The Labute approximate surface area is 110 Å². The van der Waals surface area contributed by atoms with Gasteiger partial charge in [0.05, 0.1) is 0 Å². The normalized spacial score (nSPS) is 10.2. The molecule has 4 nitrogen and oxygen atoms in total. The van der Waals surface area contributed by atoms with Gasteiger partial charge in [-0.1, -0.05) is 6.07 Å². The fourth-order valence-corrected chi connectivity index (χ4v) is 1.54. The third-order valence-electron chi connectivity index (χ3n) is 2.65. The van der Waals surface area contributed by atoms with E-state index in [-0.39, 0.29) is 18.3 Å². The van der Waals surface area contributed by atoms with Crippen LogP contribution in [0, 0.1) is 18.2 Å². The van der Waals surface area contributed by atoms with Crippen molar-refractivity contribution in [3.05, 3.63) is 59.2 Å². The first-order chi connectivity index (χ1) is 9.06. The molecule has 0 aliphatic rings. The molecule has 2 aromatic rings. The number of nitrogens with zero attached hydrogens (tertiary/aromatic N) is 1. The largest absolute Gasteiger partial charge is 0.489 e. The molecular weight excluding hydrogens is 245 g/mol. The Morgan fingerprint density at radius 3 is 2.84 bits per heavy atom. The van der Waals surface area contributed by atoms with Gasteiger partial charge in [0.1, 0.15) is 29.7 Å². The Kier molecular flexibility index (Phi) is 3.75. The van der Waals surface area contributed by atoms with Gasteiger partial charge in [-0.05, 0) is 36.2 Å². The maximum atomic E-state index is 13.3. The van der Waals surface area contributed by atoms with Crippen molar-refractivity contribution in [1.82, 2.24) is 4.98 Å². The number of hydrogen-bond acceptors (Lipinski definition) is 3. The maximum absolute atomic E-state index is 13.3. The van der Waals surface area contributed by atoms with Crippen LogP contribution in [0.25, 0.3) is 0 Å². The molecule has 98 valence electrons. The molecule has 0 bridgehead atoms. The van der Waals surface area contributed by atoms with Crippen LogP contribution in [-0.2, 0) is 6.61 Å². The van der Waals surface area contributed by atoms with E-state index in [4.69, 9.17) is 15.9 Å². The van der Waals surface area contributed by atoms with Crippen LogP contribution in [-0.4, -0.2) is 10.8 Å². The van der Waals surface area contributed by atoms with Gasteiger partial charge < -0.3 is 10.5 Å². The summed E-state index contributed by atoms with van der Waals surface area (Å²) in [5, 5.41) is 7.30. The molecule has 0 amide bonds. The van der Waals surface area contributed by atoms with Crippen LogP contribution in [0.1, 0.15) is 16.8 Å². The van der Waals surface area contributed by atoms with Gasteiger partial charge in [-0.3, -0.25) is 10.4 Å². The zero-order valence-corrected chi connectivity index (χ0v) is 10.5. The predicted molar refractivity (Wildman–Crippen MR) is 70.7 cm³/mol. The van der Waals surface area contributed by atoms with Gasteiger partial charge in [0.2, 0.25) is 0 Å². The van der Waals surface area contributed by atoms with E-state index in [9.17, 15) is 4.39 Å². The minimum Gasteiger partial charge on any atom is -0.489 e. The van der Waals surface area contributed by atoms with Crippen LogP contribution in [0.5, 0.6) is 5.75 Å². The van der Waals surface area contributed by atoms with Gasteiger partial charge in [0.15, 0.2) is 0 Å². The number of nitrogens with one attached hydrogen (secondary N) is 1. The average Bonchev–Trinajstić information content (AvgIpc) is 2.40. The predicted octanol–water partition coefficient (Wildman–Crippen LogP) is 2.39. The molecule has 1 aromatic carbocycles. The van der Waals surface area contributed by atoms with Crippen LogP contribution in [0.15, 0.2) is 36.5 Å². The lowest BCUT2D eigenvalue weighted by molar-refractivity contribution is 0.304. The second-order valence-corrected chi connectivity index (χ2v) is 4.16. The fourth-order valence-electron chi connectivity index (χ4n) is 1.54. The standard InChI is InChI=1S/C14H14FN3O/c1-9-2-3-11(7-12(9)15)19-8-10-4-5-18-13(6-10)14(16)17/h2-7H,8H2,1H3,(H3,16,17). The summed E-state index contributed by atoms with van der Waals surface area (Å²) in [6, 6.07) is 8.16. The molecule has 0 unspecified atom stereocenters. The molecule has 0 fully saturated rings. The Morgan fingerprint density at radius 2 is 2.16 bits per heavy atom. The van der Waals surface area contributed by atoms with Gasteiger partial charge >= 0.3 is 0 Å². The van der Waals surface area contributed by atoms with Crippen molar-refractivity contribution in [3.8, 4) is 5.75 Å². The highest BCUT2D eigenvalue weighted by atomic mass is 19.1. The molecule has 0 saturated carbocycles. The number of rotatable bonds is 4. The van der Waals surface area contributed by atoms with Crippen molar-refractivity contribution in [3.63, 3.8) is 0 Å². The average molecular weight is 259 g/mol. The first-order valence-electron chi connectivity index (χ1n) is 5.74. The fraction of sp³-hybridized carbons (Fsp3) is 0.143. The van der Waals surface area contributed by atoms with Gasteiger partial charge in [-0.25, -0.2) is 4.39 Å². The molecule has 5 heteroatoms. The molecule has 0 aliphatic heterocycles. The summed E-state index contributed by atoms with van der Waals surface area (Å²) >= 11 is 0. The highest BCUT2D eigenvalue weighted by Crippen LogP contribution is 2.17. The number of benzene rings is 1. The van der Waals surface area contributed by atoms with Crippen LogP contribution in [0.2, 0.25) is 0 Å². The molecule has 0 aliphatic carbocycles. The first kappa shape index (κ1) is 13.0. The Balaban J connectivity index is 2.07. The molecule has 0 radical (unpaired) electrons. The number of hydrogen-bond donors (Lipinski definition) is 2. The summed E-state index contributed by atoms with van der Waals surface area (Å²) in [5.74, 6) is 0.0733. The SMILES string of the molecule is Cc1ccc(OCc2ccnc(C(=N)N)c2)cc1F. The molecule has 0 saturated heterocycles. The minimum atomic E-state index is -0.295. The van der Waals surface area contributed by atoms with Crippen LogP contribution in [0.3, 0.4) is 0 Å². The zero-order chi connectivity index (χ0) is 13.8. The molecule has 3 N–H and O–H groups in total. The van der Waals surface area contributed by atoms with Crippen molar-refractivity contribution < 1.29 is 9.13 Å². The van der Waals surface area contributed by atoms with E-state index in [0.29, 0.717) is 17.0 Å². The number of aromatic nitrogens is 1. The van der Waals surface area contributed by atoms with E-state index >= 15 is 0 Å². The molecular formula is C14H14FN3O. The summed E-state index contributed by atoms with van der Waals surface area (Å²) < 4.78 is 18.8. The smallest absolute Gasteiger partial charge is 0.141 e. The van der Waals surface area contributed by atoms with Crippen molar-refractivity contribution >= 4 is 5.84 Å². The van der Waals surface area contributed by atoms with Crippen LogP contribution >= 0.6 is 0 Å². The summed E-state index contributed by atoms with van der Waals surface area (Å²) in [4.78, 5) is 3.95. The summed E-state index contributed by atoms with van der Waals surface area (Å²) in [6.07, 6.45) is 1.56. The van der Waals surface area contributed by atoms with E-state index in [1.165, 1.54) is 6.07 Å². The van der Waals surface area contributed by atoms with Crippen LogP contribution in [0.4, 0.5) is 4.39 Å². The number of pyridine rings is 1. The Morgan fingerprint density at radius 1 is 1.37 bits per heavy atom. The first-order valence-corrected chi connectivity index (χ1v) is 5.74. The van der Waals surface area contributed by atoms with E-state index in [1.807, 2.05) is 0 Å². The van der Waals surface area contributed by atoms with E-state index in [2.05, 4.69) is 4.98 Å². The quantitative estimate of drug-likeness (QED) is 0.654. The summed E-state index contributed by atoms with van der Waals surface area (Å²) in [5.41, 5.74) is 7.16. The lowest BCUT2D eigenvalue weighted by Crippen LogP contribution is -2.13. The second kappa shape index (κ2) is 5.48. The Bertz CT molecular complexity index is 613. The highest BCUT2D eigenvalue weighted by Gasteiger charge is 2.03. The van der Waals surface area contributed by atoms with E-state index in [0.717, 1.165) is 5.56 Å². The number of amidine groups is 1. The van der Waals surface area contributed by atoms with Crippen molar-refractivity contribution in [2.45, 2.75) is 13.5 Å². The lowest BCUT2D eigenvalue weighted by atomic mass is 10.2. The second-order valence-electron chi connectivity index (χ2n) is 4.16.